The molecule has 8 heteroatoms. The monoisotopic (exact) mass is 392 g/mol. The normalized spacial score (nSPS) is 18.5. The first-order valence-corrected chi connectivity index (χ1v) is 9.85. The highest BCUT2D eigenvalue weighted by molar-refractivity contribution is 7.80. The highest BCUT2D eigenvalue weighted by Gasteiger charge is 2.17. The second-order valence-electron chi connectivity index (χ2n) is 5.37. The maximum atomic E-state index is 9.04. The number of nitrogens with two attached hydrogens (primary N) is 1. The van der Waals surface area contributed by atoms with Crippen LogP contribution in [0.25, 0.3) is 0 Å². The summed E-state index contributed by atoms with van der Waals surface area (Å²) >= 11 is 11.4. The number of hydrogen-bond donors (Lipinski definition) is 1. The molecule has 0 aromatic carbocycles. The van der Waals surface area contributed by atoms with E-state index in [1.54, 1.807) is 11.3 Å². The highest BCUT2D eigenvalue weighted by atomic mass is 35.5. The lowest BCUT2D eigenvalue weighted by atomic mass is 10.0. The van der Waals surface area contributed by atoms with E-state index in [9.17, 15) is 0 Å². The van der Waals surface area contributed by atoms with Gasteiger partial charge in [-0.1, -0.05) is 12.2 Å². The Balaban J connectivity index is 0.000000201. The molecule has 0 spiro atoms. The zero-order valence-electron chi connectivity index (χ0n) is 13.7. The summed E-state index contributed by atoms with van der Waals surface area (Å²) in [7, 11) is 0. The molecule has 3 heterocycles. The van der Waals surface area contributed by atoms with Crippen molar-refractivity contribution in [2.24, 2.45) is 11.7 Å². The third-order valence-corrected chi connectivity index (χ3v) is 5.11. The molecule has 0 amide bonds. The Morgan fingerprint density at radius 1 is 1.29 bits per heavy atom. The van der Waals surface area contributed by atoms with Crippen molar-refractivity contribution in [1.29, 1.82) is 0 Å². The lowest BCUT2D eigenvalue weighted by Gasteiger charge is -2.20. The van der Waals surface area contributed by atoms with Crippen LogP contribution in [0, 0.1) is 5.92 Å². The van der Waals surface area contributed by atoms with Crippen LogP contribution in [0.5, 0.6) is 0 Å². The van der Waals surface area contributed by atoms with Crippen LogP contribution < -0.4 is 5.73 Å². The van der Waals surface area contributed by atoms with Crippen molar-refractivity contribution in [1.82, 2.24) is 4.98 Å². The van der Waals surface area contributed by atoms with Gasteiger partial charge >= 0.3 is 0 Å². The fourth-order valence-electron chi connectivity index (χ4n) is 2.36. The third kappa shape index (κ3) is 9.03. The molecule has 136 valence electrons. The fourth-order valence-corrected chi connectivity index (χ4v) is 3.41. The zero-order chi connectivity index (χ0) is 17.6. The van der Waals surface area contributed by atoms with Crippen molar-refractivity contribution >= 4 is 46.4 Å². The van der Waals surface area contributed by atoms with E-state index >= 15 is 0 Å². The number of carbonyl (C=O) groups is 1. The number of aromatic nitrogens is 1. The predicted octanol–water partition coefficient (Wildman–Crippen LogP) is 3.16. The van der Waals surface area contributed by atoms with Crippen LogP contribution in [0.3, 0.4) is 0 Å². The summed E-state index contributed by atoms with van der Waals surface area (Å²) in [5.74, 6) is 1.22. The molecule has 24 heavy (non-hydrogen) atoms. The molecule has 2 N–H and O–H groups in total. The van der Waals surface area contributed by atoms with E-state index in [0.717, 1.165) is 52.1 Å². The molecule has 0 radical (unpaired) electrons. The van der Waals surface area contributed by atoms with E-state index in [1.807, 2.05) is 11.6 Å². The SMILES string of the molecule is NC(=S)C1CCOCC1.O=CCCl.c1csc(C2CCOCC2)n1. The summed E-state index contributed by atoms with van der Waals surface area (Å²) in [5, 5.41) is 3.33. The third-order valence-electron chi connectivity index (χ3n) is 3.71. The quantitative estimate of drug-likeness (QED) is 0.483. The first kappa shape index (κ1) is 21.4. The minimum absolute atomic E-state index is 0.111. The number of ether oxygens (including phenoxy) is 2. The van der Waals surface area contributed by atoms with E-state index in [-0.39, 0.29) is 5.88 Å². The predicted molar refractivity (Wildman–Crippen MR) is 102 cm³/mol. The molecule has 1 aromatic heterocycles. The first-order valence-electron chi connectivity index (χ1n) is 8.02. The van der Waals surface area contributed by atoms with Gasteiger partial charge in [0, 0.05) is 49.8 Å². The zero-order valence-corrected chi connectivity index (χ0v) is 16.1. The molecule has 0 saturated carbocycles. The molecular weight excluding hydrogens is 368 g/mol. The minimum Gasteiger partial charge on any atom is -0.393 e. The average molecular weight is 393 g/mol. The standard InChI is InChI=1S/C8H11NOS.C6H11NOS.C2H3ClO/c1-4-10-5-2-7(1)8-9-3-6-11-8;7-6(9)5-1-3-8-4-2-5;3-1-2-4/h3,6-7H,1-2,4-5H2;5H,1-4H2,(H2,7,9);2H,1H2. The van der Waals surface area contributed by atoms with Crippen LogP contribution in [0.4, 0.5) is 0 Å². The van der Waals surface area contributed by atoms with E-state index in [1.165, 1.54) is 5.01 Å². The number of thiazole rings is 1. The highest BCUT2D eigenvalue weighted by Crippen LogP contribution is 2.27. The fraction of sp³-hybridized carbons (Fsp3) is 0.688. The molecule has 2 aliphatic rings. The molecule has 1 aromatic rings. The van der Waals surface area contributed by atoms with Crippen molar-refractivity contribution in [2.75, 3.05) is 32.3 Å². The van der Waals surface area contributed by atoms with Gasteiger partial charge in [-0.15, -0.1) is 22.9 Å². The van der Waals surface area contributed by atoms with Crippen LogP contribution in [0.2, 0.25) is 0 Å². The summed E-state index contributed by atoms with van der Waals surface area (Å²) in [4.78, 5) is 14.0. The van der Waals surface area contributed by atoms with Crippen molar-refractivity contribution < 1.29 is 14.3 Å². The van der Waals surface area contributed by atoms with Gasteiger partial charge in [-0.3, -0.25) is 0 Å². The molecule has 2 fully saturated rings. The van der Waals surface area contributed by atoms with Gasteiger partial charge in [-0.2, -0.15) is 0 Å². The molecule has 0 aliphatic carbocycles. The van der Waals surface area contributed by atoms with Gasteiger partial charge in [0.1, 0.15) is 6.29 Å². The number of carbonyl (C=O) groups excluding carboxylic acids is 1. The Bertz CT molecular complexity index is 448. The van der Waals surface area contributed by atoms with Crippen molar-refractivity contribution in [2.45, 2.75) is 31.6 Å². The lowest BCUT2D eigenvalue weighted by molar-refractivity contribution is -0.105. The van der Waals surface area contributed by atoms with Gasteiger partial charge in [0.25, 0.3) is 0 Å². The summed E-state index contributed by atoms with van der Waals surface area (Å²) in [6.07, 6.45) is 6.84. The topological polar surface area (TPSA) is 74.4 Å². The maximum absolute atomic E-state index is 9.04. The van der Waals surface area contributed by atoms with Gasteiger partial charge in [-0.25, -0.2) is 4.98 Å². The Hall–Kier alpha value is -0.600. The van der Waals surface area contributed by atoms with Crippen molar-refractivity contribution in [3.8, 4) is 0 Å². The average Bonchev–Trinajstić information content (AvgIpc) is 3.19. The van der Waals surface area contributed by atoms with Crippen molar-refractivity contribution in [3.05, 3.63) is 16.6 Å². The van der Waals surface area contributed by atoms with E-state index in [4.69, 9.17) is 43.8 Å². The van der Waals surface area contributed by atoms with E-state index < -0.39 is 0 Å². The molecule has 0 unspecified atom stereocenters. The number of alkyl halides is 1. The van der Waals surface area contributed by atoms with Crippen LogP contribution in [0.15, 0.2) is 11.6 Å². The molecule has 2 saturated heterocycles. The molecule has 2 aliphatic heterocycles. The summed E-state index contributed by atoms with van der Waals surface area (Å²) in [6, 6.07) is 0. The Morgan fingerprint density at radius 3 is 2.21 bits per heavy atom. The number of aldehydes is 1. The van der Waals surface area contributed by atoms with Crippen molar-refractivity contribution in [3.63, 3.8) is 0 Å². The summed E-state index contributed by atoms with van der Waals surface area (Å²) < 4.78 is 10.4. The number of thiocarbonyl (C=S) groups is 1. The molecule has 0 bridgehead atoms. The molecule has 3 rings (SSSR count). The smallest absolute Gasteiger partial charge is 0.134 e. The molecule has 0 atom stereocenters. The number of hydrogen-bond acceptors (Lipinski definition) is 6. The van der Waals surface area contributed by atoms with Gasteiger partial charge in [0.05, 0.1) is 15.9 Å². The van der Waals surface area contributed by atoms with Gasteiger partial charge in [-0.05, 0) is 25.7 Å². The van der Waals surface area contributed by atoms with Crippen LogP contribution in [-0.4, -0.2) is 48.6 Å². The number of nitrogens with zero attached hydrogens (tertiary/aromatic N) is 1. The first-order chi connectivity index (χ1) is 11.7. The largest absolute Gasteiger partial charge is 0.393 e. The van der Waals surface area contributed by atoms with Crippen LogP contribution in [-0.2, 0) is 14.3 Å². The molecule has 5 nitrogen and oxygen atoms in total. The van der Waals surface area contributed by atoms with Crippen LogP contribution >= 0.6 is 35.2 Å². The summed E-state index contributed by atoms with van der Waals surface area (Å²) in [6.45, 7) is 3.46. The van der Waals surface area contributed by atoms with Gasteiger partial charge in [0.2, 0.25) is 0 Å². The number of halogens is 1. The second kappa shape index (κ2) is 13.7. The lowest BCUT2D eigenvalue weighted by Crippen LogP contribution is -2.27. The van der Waals surface area contributed by atoms with Crippen LogP contribution in [0.1, 0.15) is 36.6 Å². The Labute approximate surface area is 157 Å². The maximum Gasteiger partial charge on any atom is 0.134 e. The Morgan fingerprint density at radius 2 is 1.83 bits per heavy atom. The van der Waals surface area contributed by atoms with Gasteiger partial charge < -0.3 is 20.0 Å². The minimum atomic E-state index is 0.111. The van der Waals surface area contributed by atoms with E-state index in [0.29, 0.717) is 23.1 Å². The van der Waals surface area contributed by atoms with Gasteiger partial charge in [0.15, 0.2) is 0 Å². The Kier molecular flexibility index (Phi) is 12.2. The van der Waals surface area contributed by atoms with E-state index in [2.05, 4.69) is 4.98 Å². The number of rotatable bonds is 3. The second-order valence-corrected chi connectivity index (χ2v) is 7.07. The summed E-state index contributed by atoms with van der Waals surface area (Å²) in [5.41, 5.74) is 5.44. The molecular formula is C16H25ClN2O3S2.